The average molecular weight is 347 g/mol. The summed E-state index contributed by atoms with van der Waals surface area (Å²) in [7, 11) is 0. The molecule has 2 atom stereocenters. The van der Waals surface area contributed by atoms with Crippen LogP contribution in [0.4, 0.5) is 0 Å². The van der Waals surface area contributed by atoms with Crippen molar-refractivity contribution in [3.8, 4) is 5.75 Å². The van der Waals surface area contributed by atoms with Gasteiger partial charge in [-0.3, -0.25) is 4.79 Å². The number of rotatable bonds is 5. The van der Waals surface area contributed by atoms with Gasteiger partial charge in [0.15, 0.2) is 0 Å². The van der Waals surface area contributed by atoms with Crippen LogP contribution in [0.1, 0.15) is 23.5 Å². The van der Waals surface area contributed by atoms with Crippen molar-refractivity contribution < 1.29 is 9.53 Å². The number of hydrogen-bond acceptors (Lipinski definition) is 3. The normalized spacial score (nSPS) is 17.0. The molecule has 0 fully saturated rings. The molecule has 1 heterocycles. The Morgan fingerprint density at radius 2 is 1.88 bits per heavy atom. The number of nitrogens with one attached hydrogen (secondary N) is 1. The van der Waals surface area contributed by atoms with Gasteiger partial charge in [0.2, 0.25) is 5.91 Å². The lowest BCUT2D eigenvalue weighted by atomic mass is 9.93. The van der Waals surface area contributed by atoms with Crippen LogP contribution >= 0.6 is 12.4 Å². The third-order valence-corrected chi connectivity index (χ3v) is 4.24. The van der Waals surface area contributed by atoms with E-state index in [0.717, 1.165) is 23.3 Å². The first-order chi connectivity index (χ1) is 11.2. The van der Waals surface area contributed by atoms with Crippen molar-refractivity contribution >= 4 is 18.3 Å². The van der Waals surface area contributed by atoms with Crippen molar-refractivity contribution in [2.24, 2.45) is 5.73 Å². The van der Waals surface area contributed by atoms with Gasteiger partial charge in [-0.15, -0.1) is 12.4 Å². The fourth-order valence-electron chi connectivity index (χ4n) is 2.94. The highest BCUT2D eigenvalue weighted by Gasteiger charge is 2.22. The molecule has 0 saturated heterocycles. The molecule has 4 nitrogen and oxygen atoms in total. The Morgan fingerprint density at radius 1 is 1.17 bits per heavy atom. The highest BCUT2D eigenvalue weighted by Crippen LogP contribution is 2.32. The van der Waals surface area contributed by atoms with E-state index in [4.69, 9.17) is 10.5 Å². The molecule has 1 amide bonds. The highest BCUT2D eigenvalue weighted by atomic mass is 35.5. The molecule has 1 aliphatic heterocycles. The lowest BCUT2D eigenvalue weighted by Gasteiger charge is -2.26. The van der Waals surface area contributed by atoms with Crippen molar-refractivity contribution in [2.45, 2.75) is 24.8 Å². The lowest BCUT2D eigenvalue weighted by Crippen LogP contribution is -2.43. The summed E-state index contributed by atoms with van der Waals surface area (Å²) in [5.74, 6) is 1.11. The molecule has 0 spiro atoms. The van der Waals surface area contributed by atoms with Crippen molar-refractivity contribution in [3.05, 3.63) is 65.7 Å². The van der Waals surface area contributed by atoms with Gasteiger partial charge in [0.05, 0.1) is 12.6 Å². The van der Waals surface area contributed by atoms with Crippen LogP contribution in [-0.4, -0.2) is 25.1 Å². The van der Waals surface area contributed by atoms with Crippen LogP contribution in [-0.2, 0) is 11.2 Å². The molecular weight excluding hydrogens is 324 g/mol. The lowest BCUT2D eigenvalue weighted by molar-refractivity contribution is -0.122. The molecule has 0 aromatic heterocycles. The molecule has 3 N–H and O–H groups in total. The molecule has 0 aliphatic carbocycles. The van der Waals surface area contributed by atoms with Crippen molar-refractivity contribution in [1.29, 1.82) is 0 Å². The number of hydrogen-bond donors (Lipinski definition) is 2. The summed E-state index contributed by atoms with van der Waals surface area (Å²) in [6.45, 7) is 1.29. The quantitative estimate of drug-likeness (QED) is 0.874. The molecular formula is C19H23ClN2O2. The molecule has 0 radical (unpaired) electrons. The number of amides is 1. The van der Waals surface area contributed by atoms with E-state index in [2.05, 4.69) is 11.4 Å². The highest BCUT2D eigenvalue weighted by molar-refractivity contribution is 5.85. The third kappa shape index (κ3) is 4.49. The largest absolute Gasteiger partial charge is 0.493 e. The van der Waals surface area contributed by atoms with Gasteiger partial charge < -0.3 is 15.8 Å². The van der Waals surface area contributed by atoms with E-state index in [0.29, 0.717) is 19.6 Å². The number of para-hydroxylation sites is 1. The second-order valence-corrected chi connectivity index (χ2v) is 5.91. The zero-order valence-electron chi connectivity index (χ0n) is 13.5. The van der Waals surface area contributed by atoms with Crippen LogP contribution in [0.3, 0.4) is 0 Å². The van der Waals surface area contributed by atoms with E-state index in [1.807, 2.05) is 48.5 Å². The Kier molecular flexibility index (Phi) is 6.64. The van der Waals surface area contributed by atoms with Crippen LogP contribution in [0.5, 0.6) is 5.75 Å². The average Bonchev–Trinajstić information content (AvgIpc) is 2.60. The smallest absolute Gasteiger partial charge is 0.237 e. The predicted molar refractivity (Wildman–Crippen MR) is 97.7 cm³/mol. The van der Waals surface area contributed by atoms with Crippen LogP contribution in [0.15, 0.2) is 54.6 Å². The molecule has 1 unspecified atom stereocenters. The topological polar surface area (TPSA) is 64.4 Å². The fraction of sp³-hybridized carbons (Fsp3) is 0.316. The summed E-state index contributed by atoms with van der Waals surface area (Å²) in [4.78, 5) is 12.2. The molecule has 5 heteroatoms. The van der Waals surface area contributed by atoms with E-state index < -0.39 is 6.04 Å². The van der Waals surface area contributed by atoms with E-state index in [-0.39, 0.29) is 24.2 Å². The molecule has 3 rings (SSSR count). The standard InChI is InChI=1S/C19H22N2O2.ClH/c20-17(12-14-6-2-1-3-7-14)19(22)21-13-15-10-11-23-18-9-5-4-8-16(15)18;/h1-9,15,17H,10-13,20H2,(H,21,22);1H/t15?,17-;/m0./s1. The summed E-state index contributed by atoms with van der Waals surface area (Å²) in [5.41, 5.74) is 8.26. The van der Waals surface area contributed by atoms with Gasteiger partial charge >= 0.3 is 0 Å². The molecule has 128 valence electrons. The maximum Gasteiger partial charge on any atom is 0.237 e. The number of carbonyl (C=O) groups is 1. The van der Waals surface area contributed by atoms with E-state index in [1.165, 1.54) is 0 Å². The summed E-state index contributed by atoms with van der Waals surface area (Å²) in [5, 5.41) is 2.99. The minimum atomic E-state index is -0.521. The van der Waals surface area contributed by atoms with Gasteiger partial charge in [0.25, 0.3) is 0 Å². The first kappa shape index (κ1) is 18.3. The van der Waals surface area contributed by atoms with E-state index in [1.54, 1.807) is 0 Å². The Morgan fingerprint density at radius 3 is 2.67 bits per heavy atom. The molecule has 1 aliphatic rings. The number of ether oxygens (including phenoxy) is 1. The van der Waals surface area contributed by atoms with Crippen LogP contribution < -0.4 is 15.8 Å². The van der Waals surface area contributed by atoms with Gasteiger partial charge in [-0.1, -0.05) is 48.5 Å². The van der Waals surface area contributed by atoms with E-state index >= 15 is 0 Å². The van der Waals surface area contributed by atoms with Gasteiger partial charge in [-0.25, -0.2) is 0 Å². The maximum atomic E-state index is 12.2. The number of benzene rings is 2. The zero-order valence-corrected chi connectivity index (χ0v) is 14.3. The van der Waals surface area contributed by atoms with Gasteiger partial charge in [0, 0.05) is 12.5 Å². The predicted octanol–water partition coefficient (Wildman–Crippen LogP) is 2.66. The Labute approximate surface area is 148 Å². The minimum Gasteiger partial charge on any atom is -0.493 e. The van der Waals surface area contributed by atoms with Crippen LogP contribution in [0, 0.1) is 0 Å². The molecule has 0 saturated carbocycles. The Balaban J connectivity index is 0.00000208. The summed E-state index contributed by atoms with van der Waals surface area (Å²) < 4.78 is 5.65. The second-order valence-electron chi connectivity index (χ2n) is 5.91. The molecule has 2 aromatic carbocycles. The molecule has 24 heavy (non-hydrogen) atoms. The fourth-order valence-corrected chi connectivity index (χ4v) is 2.94. The van der Waals surface area contributed by atoms with E-state index in [9.17, 15) is 4.79 Å². The van der Waals surface area contributed by atoms with Crippen LogP contribution in [0.2, 0.25) is 0 Å². The zero-order chi connectivity index (χ0) is 16.1. The third-order valence-electron chi connectivity index (χ3n) is 4.24. The SMILES string of the molecule is Cl.N[C@@H](Cc1ccccc1)C(=O)NCC1CCOc2ccccc21. The first-order valence-corrected chi connectivity index (χ1v) is 8.03. The number of halogens is 1. The van der Waals surface area contributed by atoms with Crippen molar-refractivity contribution in [3.63, 3.8) is 0 Å². The second kappa shape index (κ2) is 8.71. The van der Waals surface area contributed by atoms with Gasteiger partial charge in [-0.2, -0.15) is 0 Å². The number of nitrogens with two attached hydrogens (primary N) is 1. The molecule has 0 bridgehead atoms. The van der Waals surface area contributed by atoms with Crippen LogP contribution in [0.25, 0.3) is 0 Å². The Bertz CT molecular complexity index is 663. The summed E-state index contributed by atoms with van der Waals surface area (Å²) >= 11 is 0. The number of fused-ring (bicyclic) bond motifs is 1. The van der Waals surface area contributed by atoms with Gasteiger partial charge in [0.1, 0.15) is 5.75 Å². The maximum absolute atomic E-state index is 12.2. The van der Waals surface area contributed by atoms with Crippen molar-refractivity contribution in [2.75, 3.05) is 13.2 Å². The van der Waals surface area contributed by atoms with Gasteiger partial charge in [-0.05, 0) is 30.0 Å². The first-order valence-electron chi connectivity index (χ1n) is 8.03. The summed E-state index contributed by atoms with van der Waals surface area (Å²) in [6.07, 6.45) is 1.46. The minimum absolute atomic E-state index is 0. The Hall–Kier alpha value is -2.04. The molecule has 2 aromatic rings. The monoisotopic (exact) mass is 346 g/mol. The summed E-state index contributed by atoms with van der Waals surface area (Å²) in [6, 6.07) is 17.3. The number of carbonyl (C=O) groups excluding carboxylic acids is 1. The van der Waals surface area contributed by atoms with Crippen molar-refractivity contribution in [1.82, 2.24) is 5.32 Å².